The second-order valence-electron chi connectivity index (χ2n) is 9.21. The molecule has 2 aromatic carbocycles. The summed E-state index contributed by atoms with van der Waals surface area (Å²) in [5.74, 6) is -1.41. The Bertz CT molecular complexity index is 1390. The smallest absolute Gasteiger partial charge is 0.417 e. The molecule has 10 nitrogen and oxygen atoms in total. The number of fused-ring (bicyclic) bond motifs is 1. The molecule has 1 atom stereocenters. The monoisotopic (exact) mass is 546 g/mol. The molecule has 2 aliphatic heterocycles. The highest BCUT2D eigenvalue weighted by molar-refractivity contribution is 6.34. The van der Waals surface area contributed by atoms with E-state index in [1.54, 1.807) is 46.2 Å². The van der Waals surface area contributed by atoms with Crippen LogP contribution < -0.4 is 11.1 Å². The van der Waals surface area contributed by atoms with Crippen molar-refractivity contribution in [1.29, 1.82) is 0 Å². The summed E-state index contributed by atoms with van der Waals surface area (Å²) in [5, 5.41) is 3.74. The molecule has 2 saturated heterocycles. The van der Waals surface area contributed by atoms with Crippen molar-refractivity contribution in [3.05, 3.63) is 62.6 Å². The van der Waals surface area contributed by atoms with Gasteiger partial charge < -0.3 is 24.3 Å². The Morgan fingerprint density at radius 2 is 1.81 bits per heavy atom. The Morgan fingerprint density at radius 3 is 2.54 bits per heavy atom. The van der Waals surface area contributed by atoms with Crippen LogP contribution in [0, 0.1) is 5.92 Å². The lowest BCUT2D eigenvalue weighted by Gasteiger charge is -2.36. The van der Waals surface area contributed by atoms with Gasteiger partial charge in [0.2, 0.25) is 11.8 Å². The predicted molar refractivity (Wildman–Crippen MR) is 137 cm³/mol. The molecule has 2 aliphatic rings. The minimum atomic E-state index is -0.569. The van der Waals surface area contributed by atoms with E-state index < -0.39 is 17.8 Å². The molecule has 37 heavy (non-hydrogen) atoms. The SMILES string of the molecule is O=C(Nc1ccc2[nH]c(=O)oc2c1)C1CC(=O)N(C2CCN(C(=O)OCc3cc(Cl)cc(Cl)c3)CC2)C1. The molecule has 0 aliphatic carbocycles. The first-order valence-corrected chi connectivity index (χ1v) is 12.6. The standard InChI is InChI=1S/C25H24Cl2N4O6/c26-16-7-14(8-17(27)10-16)13-36-25(35)30-5-3-19(4-6-30)31-12-15(9-22(31)32)23(33)28-18-1-2-20-21(11-18)37-24(34)29-20/h1-2,7-8,10-11,15,19H,3-6,9,12-13H2,(H,28,33)(H,29,34). The van der Waals surface area contributed by atoms with E-state index >= 15 is 0 Å². The zero-order chi connectivity index (χ0) is 26.1. The summed E-state index contributed by atoms with van der Waals surface area (Å²) in [5.41, 5.74) is 2.06. The van der Waals surface area contributed by atoms with E-state index in [0.717, 1.165) is 0 Å². The number of rotatable bonds is 5. The summed E-state index contributed by atoms with van der Waals surface area (Å²) in [6.07, 6.45) is 0.885. The van der Waals surface area contributed by atoms with Crippen LogP contribution in [0.2, 0.25) is 10.0 Å². The second kappa shape index (κ2) is 10.5. The van der Waals surface area contributed by atoms with E-state index in [2.05, 4.69) is 10.3 Å². The van der Waals surface area contributed by atoms with Crippen molar-refractivity contribution >= 4 is 57.9 Å². The van der Waals surface area contributed by atoms with Crippen LogP contribution in [-0.2, 0) is 20.9 Å². The first kappa shape index (κ1) is 25.2. The van der Waals surface area contributed by atoms with Crippen molar-refractivity contribution in [2.45, 2.75) is 31.9 Å². The Hall–Kier alpha value is -3.50. The molecule has 1 unspecified atom stereocenters. The van der Waals surface area contributed by atoms with Gasteiger partial charge in [-0.1, -0.05) is 23.2 Å². The molecular formula is C25H24Cl2N4O6. The van der Waals surface area contributed by atoms with Gasteiger partial charge in [0.05, 0.1) is 11.4 Å². The highest BCUT2D eigenvalue weighted by Crippen LogP contribution is 2.27. The fourth-order valence-electron chi connectivity index (χ4n) is 4.82. The average molecular weight is 547 g/mol. The number of ether oxygens (including phenoxy) is 1. The largest absolute Gasteiger partial charge is 0.445 e. The molecule has 2 fully saturated rings. The van der Waals surface area contributed by atoms with E-state index in [9.17, 15) is 19.2 Å². The first-order valence-electron chi connectivity index (χ1n) is 11.8. The molecule has 2 N–H and O–H groups in total. The van der Waals surface area contributed by atoms with Crippen molar-refractivity contribution in [1.82, 2.24) is 14.8 Å². The fraction of sp³-hybridized carbons (Fsp3) is 0.360. The Morgan fingerprint density at radius 1 is 1.08 bits per heavy atom. The van der Waals surface area contributed by atoms with Gasteiger partial charge in [0.1, 0.15) is 6.61 Å². The van der Waals surface area contributed by atoms with Crippen LogP contribution >= 0.6 is 23.2 Å². The summed E-state index contributed by atoms with van der Waals surface area (Å²) >= 11 is 12.0. The van der Waals surface area contributed by atoms with Crippen molar-refractivity contribution in [3.63, 3.8) is 0 Å². The molecule has 3 heterocycles. The van der Waals surface area contributed by atoms with Crippen molar-refractivity contribution in [2.24, 2.45) is 5.92 Å². The van der Waals surface area contributed by atoms with Gasteiger partial charge >= 0.3 is 11.8 Å². The number of nitrogens with zero attached hydrogens (tertiary/aromatic N) is 2. The third-order valence-corrected chi connectivity index (χ3v) is 7.10. The fourth-order valence-corrected chi connectivity index (χ4v) is 5.39. The number of likely N-dealkylation sites (tertiary alicyclic amines) is 2. The van der Waals surface area contributed by atoms with Crippen LogP contribution in [-0.4, -0.2) is 58.4 Å². The molecular weight excluding hydrogens is 523 g/mol. The molecule has 5 rings (SSSR count). The van der Waals surface area contributed by atoms with Gasteiger partial charge in [-0.2, -0.15) is 0 Å². The lowest BCUT2D eigenvalue weighted by atomic mass is 10.0. The van der Waals surface area contributed by atoms with Crippen LogP contribution in [0.1, 0.15) is 24.8 Å². The van der Waals surface area contributed by atoms with Gasteiger partial charge in [-0.3, -0.25) is 14.6 Å². The minimum absolute atomic E-state index is 0.0495. The number of hydrogen-bond acceptors (Lipinski definition) is 6. The Labute approximate surface area is 221 Å². The summed E-state index contributed by atoms with van der Waals surface area (Å²) in [6.45, 7) is 1.27. The van der Waals surface area contributed by atoms with Crippen LogP contribution in [0.25, 0.3) is 11.1 Å². The maximum atomic E-state index is 12.8. The third kappa shape index (κ3) is 5.75. The molecule has 194 valence electrons. The molecule has 3 amide bonds. The van der Waals surface area contributed by atoms with Gasteiger partial charge in [-0.15, -0.1) is 0 Å². The summed E-state index contributed by atoms with van der Waals surface area (Å²) in [7, 11) is 0. The molecule has 1 aromatic heterocycles. The number of piperidine rings is 1. The van der Waals surface area contributed by atoms with Crippen LogP contribution in [0.5, 0.6) is 0 Å². The maximum absolute atomic E-state index is 12.8. The van der Waals surface area contributed by atoms with E-state index in [1.165, 1.54) is 0 Å². The van der Waals surface area contributed by atoms with Crippen molar-refractivity contribution < 1.29 is 23.5 Å². The highest BCUT2D eigenvalue weighted by Gasteiger charge is 2.39. The van der Waals surface area contributed by atoms with E-state index in [4.69, 9.17) is 32.4 Å². The predicted octanol–water partition coefficient (Wildman–Crippen LogP) is 4.02. The summed E-state index contributed by atoms with van der Waals surface area (Å²) < 4.78 is 10.4. The zero-order valence-corrected chi connectivity index (χ0v) is 21.2. The molecule has 0 radical (unpaired) electrons. The topological polar surface area (TPSA) is 125 Å². The maximum Gasteiger partial charge on any atom is 0.417 e. The number of benzene rings is 2. The number of aromatic amines is 1. The lowest BCUT2D eigenvalue weighted by Crippen LogP contribution is -2.47. The number of carbonyl (C=O) groups excluding carboxylic acids is 3. The number of anilines is 1. The molecule has 0 bridgehead atoms. The van der Waals surface area contributed by atoms with Crippen molar-refractivity contribution in [2.75, 3.05) is 25.0 Å². The molecule has 0 spiro atoms. The number of halogens is 2. The Kier molecular flexibility index (Phi) is 7.12. The first-order chi connectivity index (χ1) is 17.7. The quantitative estimate of drug-likeness (QED) is 0.497. The van der Waals surface area contributed by atoms with E-state index in [0.29, 0.717) is 64.9 Å². The number of oxazole rings is 1. The molecule has 0 saturated carbocycles. The molecule has 3 aromatic rings. The van der Waals surface area contributed by atoms with E-state index in [-0.39, 0.29) is 30.9 Å². The number of nitrogens with one attached hydrogen (secondary N) is 2. The van der Waals surface area contributed by atoms with Crippen LogP contribution in [0.4, 0.5) is 10.5 Å². The van der Waals surface area contributed by atoms with E-state index in [1.807, 2.05) is 0 Å². The van der Waals surface area contributed by atoms with Gasteiger partial charge in [-0.05, 0) is 48.7 Å². The summed E-state index contributed by atoms with van der Waals surface area (Å²) in [6, 6.07) is 9.81. The number of hydrogen-bond donors (Lipinski definition) is 2. The van der Waals surface area contributed by atoms with Gasteiger partial charge in [0, 0.05) is 53.9 Å². The number of carbonyl (C=O) groups is 3. The number of H-pyrrole nitrogens is 1. The zero-order valence-electron chi connectivity index (χ0n) is 19.7. The van der Waals surface area contributed by atoms with Gasteiger partial charge in [0.25, 0.3) is 0 Å². The third-order valence-electron chi connectivity index (χ3n) is 6.67. The van der Waals surface area contributed by atoms with Crippen molar-refractivity contribution in [3.8, 4) is 0 Å². The normalized spacial score (nSPS) is 18.4. The summed E-state index contributed by atoms with van der Waals surface area (Å²) in [4.78, 5) is 55.3. The van der Waals surface area contributed by atoms with Crippen LogP contribution in [0.15, 0.2) is 45.6 Å². The Balaban J connectivity index is 1.11. The number of amides is 3. The van der Waals surface area contributed by atoms with Gasteiger partial charge in [0.15, 0.2) is 5.58 Å². The average Bonchev–Trinajstić information content (AvgIpc) is 3.43. The minimum Gasteiger partial charge on any atom is -0.445 e. The second-order valence-corrected chi connectivity index (χ2v) is 10.1. The lowest BCUT2D eigenvalue weighted by molar-refractivity contribution is -0.130. The van der Waals surface area contributed by atoms with Crippen LogP contribution in [0.3, 0.4) is 0 Å². The molecule has 12 heteroatoms. The number of aromatic nitrogens is 1. The highest BCUT2D eigenvalue weighted by atomic mass is 35.5. The van der Waals surface area contributed by atoms with Gasteiger partial charge in [-0.25, -0.2) is 9.59 Å².